The molecule has 1 saturated heterocycles. The van der Waals surface area contributed by atoms with E-state index in [1.807, 2.05) is 26.0 Å². The van der Waals surface area contributed by atoms with Gasteiger partial charge in [0.1, 0.15) is 17.3 Å². The number of urea groups is 1. The van der Waals surface area contributed by atoms with Crippen molar-refractivity contribution in [3.8, 4) is 11.5 Å². The van der Waals surface area contributed by atoms with E-state index in [4.69, 9.17) is 16.2 Å². The Hall–Kier alpha value is -3.59. The SMILES string of the molecule is CC(C)c1cc(C(=N)N(C(N)=O)c2ccc(CN3CCC(C(=O)O)CC3)cc2)c(O)cc1O. The summed E-state index contributed by atoms with van der Waals surface area (Å²) in [5.41, 5.74) is 7.55. The Balaban J connectivity index is 1.78. The number of hydrogen-bond acceptors (Lipinski definition) is 6. The van der Waals surface area contributed by atoms with E-state index in [-0.39, 0.29) is 34.7 Å². The average molecular weight is 455 g/mol. The minimum Gasteiger partial charge on any atom is -0.508 e. The van der Waals surface area contributed by atoms with Crippen LogP contribution in [0.4, 0.5) is 10.5 Å². The first kappa shape index (κ1) is 24.1. The zero-order valence-corrected chi connectivity index (χ0v) is 18.8. The molecule has 0 bridgehead atoms. The van der Waals surface area contributed by atoms with Gasteiger partial charge in [-0.1, -0.05) is 26.0 Å². The topological polar surface area (TPSA) is 151 Å². The zero-order valence-electron chi connectivity index (χ0n) is 18.8. The van der Waals surface area contributed by atoms with E-state index in [0.29, 0.717) is 43.7 Å². The summed E-state index contributed by atoms with van der Waals surface area (Å²) in [7, 11) is 0. The molecule has 1 aliphatic rings. The molecule has 2 aromatic rings. The van der Waals surface area contributed by atoms with Crippen LogP contribution in [0.3, 0.4) is 0 Å². The lowest BCUT2D eigenvalue weighted by Gasteiger charge is -2.30. The molecule has 0 saturated carbocycles. The molecular formula is C24H30N4O5. The molecule has 33 heavy (non-hydrogen) atoms. The first-order valence-corrected chi connectivity index (χ1v) is 10.9. The predicted molar refractivity (Wildman–Crippen MR) is 125 cm³/mol. The summed E-state index contributed by atoms with van der Waals surface area (Å²) in [5, 5.41) is 38.1. The smallest absolute Gasteiger partial charge is 0.325 e. The first-order valence-electron chi connectivity index (χ1n) is 10.9. The van der Waals surface area contributed by atoms with Crippen molar-refractivity contribution in [2.24, 2.45) is 11.7 Å². The van der Waals surface area contributed by atoms with Gasteiger partial charge in [-0.2, -0.15) is 0 Å². The molecule has 3 rings (SSSR count). The number of piperidine rings is 1. The van der Waals surface area contributed by atoms with Crippen LogP contribution >= 0.6 is 0 Å². The predicted octanol–water partition coefficient (Wildman–Crippen LogP) is 3.43. The van der Waals surface area contributed by atoms with Crippen molar-refractivity contribution < 1.29 is 24.9 Å². The second-order valence-corrected chi connectivity index (χ2v) is 8.66. The number of phenolic OH excluding ortho intramolecular Hbond substituents is 2. The quantitative estimate of drug-likeness (QED) is 0.333. The lowest BCUT2D eigenvalue weighted by Crippen LogP contribution is -2.41. The van der Waals surface area contributed by atoms with Crippen LogP contribution in [0, 0.1) is 11.3 Å². The standard InChI is InChI=1S/C24H30N4O5/c1-14(2)18-11-19(21(30)12-20(18)29)22(25)28(24(26)33)17-5-3-15(4-6-17)13-27-9-7-16(8-10-27)23(31)32/h3-6,11-12,14,16,25,29-30H,7-10,13H2,1-2H3,(H2,26,33)(H,31,32). The molecule has 0 unspecified atom stereocenters. The van der Waals surface area contributed by atoms with Crippen molar-refractivity contribution in [3.63, 3.8) is 0 Å². The van der Waals surface area contributed by atoms with Crippen LogP contribution < -0.4 is 10.6 Å². The Morgan fingerprint density at radius 2 is 1.73 bits per heavy atom. The van der Waals surface area contributed by atoms with Crippen LogP contribution in [0.15, 0.2) is 36.4 Å². The molecule has 1 aliphatic heterocycles. The maximum absolute atomic E-state index is 12.2. The number of aromatic hydroxyl groups is 2. The number of nitrogens with one attached hydrogen (secondary N) is 1. The van der Waals surface area contributed by atoms with Gasteiger partial charge in [0, 0.05) is 12.6 Å². The Kier molecular flexibility index (Phi) is 7.23. The van der Waals surface area contributed by atoms with E-state index >= 15 is 0 Å². The number of rotatable bonds is 6. The number of benzene rings is 2. The Bertz CT molecular complexity index is 1040. The Morgan fingerprint density at radius 1 is 1.12 bits per heavy atom. The van der Waals surface area contributed by atoms with Crippen LogP contribution in [0.1, 0.15) is 49.3 Å². The summed E-state index contributed by atoms with van der Waals surface area (Å²) in [6.45, 7) is 5.80. The van der Waals surface area contributed by atoms with Crippen LogP contribution in [0.2, 0.25) is 0 Å². The van der Waals surface area contributed by atoms with Gasteiger partial charge in [-0.15, -0.1) is 0 Å². The lowest BCUT2D eigenvalue weighted by atomic mass is 9.97. The number of anilines is 1. The Morgan fingerprint density at radius 3 is 2.24 bits per heavy atom. The molecule has 1 fully saturated rings. The van der Waals surface area contributed by atoms with E-state index in [1.165, 1.54) is 6.07 Å². The summed E-state index contributed by atoms with van der Waals surface area (Å²) in [5.74, 6) is -1.79. The molecule has 0 atom stereocenters. The summed E-state index contributed by atoms with van der Waals surface area (Å²) < 4.78 is 0. The van der Waals surface area contributed by atoms with Gasteiger partial charge in [0.15, 0.2) is 0 Å². The van der Waals surface area contributed by atoms with Crippen molar-refractivity contribution in [1.29, 1.82) is 5.41 Å². The van der Waals surface area contributed by atoms with Crippen LogP contribution in [0.25, 0.3) is 0 Å². The van der Waals surface area contributed by atoms with Crippen LogP contribution in [-0.4, -0.2) is 51.1 Å². The van der Waals surface area contributed by atoms with Gasteiger partial charge in [0.2, 0.25) is 0 Å². The summed E-state index contributed by atoms with van der Waals surface area (Å²) in [4.78, 5) is 26.5. The second-order valence-electron chi connectivity index (χ2n) is 8.66. The summed E-state index contributed by atoms with van der Waals surface area (Å²) >= 11 is 0. The van der Waals surface area contributed by atoms with E-state index < -0.39 is 12.0 Å². The minimum absolute atomic E-state index is 0.0565. The van der Waals surface area contributed by atoms with Crippen molar-refractivity contribution in [1.82, 2.24) is 4.90 Å². The number of nitrogens with two attached hydrogens (primary N) is 1. The van der Waals surface area contributed by atoms with Gasteiger partial charge in [-0.25, -0.2) is 9.69 Å². The normalized spacial score (nSPS) is 14.9. The number of amidine groups is 1. The van der Waals surface area contributed by atoms with E-state index in [0.717, 1.165) is 16.5 Å². The molecule has 0 aromatic heterocycles. The second kappa shape index (κ2) is 9.91. The number of likely N-dealkylation sites (tertiary alicyclic amines) is 1. The number of primary amides is 1. The van der Waals surface area contributed by atoms with Crippen LogP contribution in [0.5, 0.6) is 11.5 Å². The van der Waals surface area contributed by atoms with E-state index in [9.17, 15) is 19.8 Å². The molecule has 9 nitrogen and oxygen atoms in total. The minimum atomic E-state index is -0.873. The molecule has 0 radical (unpaired) electrons. The molecule has 2 aromatic carbocycles. The maximum Gasteiger partial charge on any atom is 0.325 e. The third kappa shape index (κ3) is 5.43. The molecule has 0 aliphatic carbocycles. The van der Waals surface area contributed by atoms with E-state index in [1.54, 1.807) is 12.1 Å². The number of carboxylic acid groups (broad SMARTS) is 1. The average Bonchev–Trinajstić information content (AvgIpc) is 2.75. The number of carbonyl (C=O) groups excluding carboxylic acids is 1. The number of carboxylic acids is 1. The Labute approximate surface area is 192 Å². The highest BCUT2D eigenvalue weighted by molar-refractivity contribution is 6.22. The number of carbonyl (C=O) groups is 2. The van der Waals surface area contributed by atoms with Gasteiger partial charge in [0.05, 0.1) is 17.2 Å². The highest BCUT2D eigenvalue weighted by Crippen LogP contribution is 2.33. The fourth-order valence-electron chi connectivity index (χ4n) is 4.08. The van der Waals surface area contributed by atoms with Gasteiger partial charge < -0.3 is 21.1 Å². The summed E-state index contributed by atoms with van der Waals surface area (Å²) in [6, 6.07) is 8.80. The molecular weight excluding hydrogens is 424 g/mol. The van der Waals surface area contributed by atoms with Crippen molar-refractivity contribution in [3.05, 3.63) is 53.1 Å². The number of amides is 2. The van der Waals surface area contributed by atoms with E-state index in [2.05, 4.69) is 4.90 Å². The largest absolute Gasteiger partial charge is 0.508 e. The fourth-order valence-corrected chi connectivity index (χ4v) is 4.08. The number of hydrogen-bond donors (Lipinski definition) is 5. The zero-order chi connectivity index (χ0) is 24.3. The molecule has 176 valence electrons. The lowest BCUT2D eigenvalue weighted by molar-refractivity contribution is -0.143. The molecule has 6 N–H and O–H groups in total. The number of nitrogens with zero attached hydrogens (tertiary/aromatic N) is 2. The van der Waals surface area contributed by atoms with Crippen molar-refractivity contribution in [2.45, 2.75) is 39.2 Å². The van der Waals surface area contributed by atoms with Gasteiger partial charge in [-0.05, 0) is 61.2 Å². The third-order valence-electron chi connectivity index (χ3n) is 6.00. The third-order valence-corrected chi connectivity index (χ3v) is 6.00. The van der Waals surface area contributed by atoms with Crippen molar-refractivity contribution >= 4 is 23.5 Å². The summed E-state index contributed by atoms with van der Waals surface area (Å²) in [6.07, 6.45) is 1.24. The molecule has 9 heteroatoms. The maximum atomic E-state index is 12.2. The molecule has 1 heterocycles. The van der Waals surface area contributed by atoms with Crippen molar-refractivity contribution in [2.75, 3.05) is 18.0 Å². The van der Waals surface area contributed by atoms with Gasteiger partial charge >= 0.3 is 12.0 Å². The van der Waals surface area contributed by atoms with Gasteiger partial charge in [0.25, 0.3) is 0 Å². The first-order chi connectivity index (χ1) is 15.6. The monoisotopic (exact) mass is 454 g/mol. The fraction of sp³-hybridized carbons (Fsp3) is 0.375. The highest BCUT2D eigenvalue weighted by atomic mass is 16.4. The number of phenols is 2. The molecule has 2 amide bonds. The van der Waals surface area contributed by atoms with Crippen LogP contribution in [-0.2, 0) is 11.3 Å². The highest BCUT2D eigenvalue weighted by Gasteiger charge is 2.26. The number of aliphatic carboxylic acids is 1. The van der Waals surface area contributed by atoms with Gasteiger partial charge in [-0.3, -0.25) is 15.1 Å². The molecule has 0 spiro atoms.